The van der Waals surface area contributed by atoms with Gasteiger partial charge in [-0.1, -0.05) is 32.8 Å². The Labute approximate surface area is 167 Å². The summed E-state index contributed by atoms with van der Waals surface area (Å²) in [6, 6.07) is 5.81. The molecule has 1 aromatic carbocycles. The molecule has 8 heteroatoms. The molecule has 0 aromatic heterocycles. The summed E-state index contributed by atoms with van der Waals surface area (Å²) in [5.74, 6) is -0.816. The molecule has 1 aliphatic heterocycles. The van der Waals surface area contributed by atoms with E-state index < -0.39 is 22.1 Å². The van der Waals surface area contributed by atoms with E-state index in [-0.39, 0.29) is 22.3 Å². The summed E-state index contributed by atoms with van der Waals surface area (Å²) in [6.07, 6.45) is 2.76. The second-order valence-electron chi connectivity index (χ2n) is 7.53. The fraction of sp³-hybridized carbons (Fsp3) is 0.600. The first kappa shape index (κ1) is 22.4. The maximum absolute atomic E-state index is 12.9. The molecule has 1 aliphatic rings. The number of amides is 1. The Balaban J connectivity index is 2.09. The molecule has 1 amide bonds. The van der Waals surface area contributed by atoms with E-state index >= 15 is 0 Å². The summed E-state index contributed by atoms with van der Waals surface area (Å²) in [7, 11) is -3.66. The summed E-state index contributed by atoms with van der Waals surface area (Å²) >= 11 is 0. The van der Waals surface area contributed by atoms with Gasteiger partial charge < -0.3 is 10.1 Å². The van der Waals surface area contributed by atoms with Crippen LogP contribution in [0, 0.1) is 5.92 Å². The lowest BCUT2D eigenvalue weighted by Crippen LogP contribution is -2.37. The van der Waals surface area contributed by atoms with Gasteiger partial charge in [0.15, 0.2) is 6.10 Å². The quantitative estimate of drug-likeness (QED) is 0.698. The SMILES string of the molecule is CC(C)CNC(=O)[C@H](C)OC(=O)c1cccc(S(=O)(=O)N2CCCCCC2)c1. The van der Waals surface area contributed by atoms with E-state index in [1.165, 1.54) is 35.5 Å². The van der Waals surface area contributed by atoms with Crippen molar-refractivity contribution in [2.24, 2.45) is 5.92 Å². The molecule has 1 saturated heterocycles. The number of sulfonamides is 1. The zero-order valence-corrected chi connectivity index (χ0v) is 17.6. The number of nitrogens with zero attached hydrogens (tertiary/aromatic N) is 1. The molecule has 2 rings (SSSR count). The Bertz CT molecular complexity index is 784. The van der Waals surface area contributed by atoms with E-state index in [2.05, 4.69) is 5.32 Å². The van der Waals surface area contributed by atoms with Gasteiger partial charge in [-0.25, -0.2) is 13.2 Å². The van der Waals surface area contributed by atoms with Gasteiger partial charge in [0.1, 0.15) is 0 Å². The standard InChI is InChI=1S/C20H30N2O5S/c1-15(2)14-21-19(23)16(3)27-20(24)17-9-8-10-18(13-17)28(25,26)22-11-6-4-5-7-12-22/h8-10,13,15-16H,4-7,11-12,14H2,1-3H3,(H,21,23)/t16-/m0/s1. The average Bonchev–Trinajstić information content (AvgIpc) is 2.96. The molecule has 0 saturated carbocycles. The molecule has 0 unspecified atom stereocenters. The zero-order chi connectivity index (χ0) is 20.7. The van der Waals surface area contributed by atoms with Crippen LogP contribution in [0.25, 0.3) is 0 Å². The van der Waals surface area contributed by atoms with Crippen molar-refractivity contribution >= 4 is 21.9 Å². The highest BCUT2D eigenvalue weighted by molar-refractivity contribution is 7.89. The van der Waals surface area contributed by atoms with Crippen LogP contribution in [0.15, 0.2) is 29.2 Å². The molecule has 156 valence electrons. The fourth-order valence-electron chi connectivity index (χ4n) is 2.95. The lowest BCUT2D eigenvalue weighted by Gasteiger charge is -2.20. The third kappa shape index (κ3) is 6.04. The van der Waals surface area contributed by atoms with Crippen LogP contribution in [0.1, 0.15) is 56.8 Å². The van der Waals surface area contributed by atoms with E-state index in [0.717, 1.165) is 25.7 Å². The molecular weight excluding hydrogens is 380 g/mol. The van der Waals surface area contributed by atoms with Gasteiger partial charge in [0.2, 0.25) is 10.0 Å². The molecule has 1 aromatic rings. The predicted octanol–water partition coefficient (Wildman–Crippen LogP) is 2.57. The van der Waals surface area contributed by atoms with Crippen molar-refractivity contribution in [3.8, 4) is 0 Å². The van der Waals surface area contributed by atoms with Crippen molar-refractivity contribution in [3.63, 3.8) is 0 Å². The van der Waals surface area contributed by atoms with Crippen molar-refractivity contribution in [2.45, 2.75) is 57.5 Å². The second-order valence-corrected chi connectivity index (χ2v) is 9.47. The third-order valence-electron chi connectivity index (χ3n) is 4.61. The summed E-state index contributed by atoms with van der Waals surface area (Å²) < 4.78 is 32.5. The lowest BCUT2D eigenvalue weighted by molar-refractivity contribution is -0.129. The normalized spacial score (nSPS) is 17.0. The molecule has 0 aliphatic carbocycles. The number of nitrogens with one attached hydrogen (secondary N) is 1. The highest BCUT2D eigenvalue weighted by Crippen LogP contribution is 2.21. The minimum atomic E-state index is -3.66. The largest absolute Gasteiger partial charge is 0.449 e. The average molecular weight is 411 g/mol. The summed E-state index contributed by atoms with van der Waals surface area (Å²) in [4.78, 5) is 24.5. The van der Waals surface area contributed by atoms with E-state index in [1.54, 1.807) is 0 Å². The molecular formula is C20H30N2O5S. The van der Waals surface area contributed by atoms with Gasteiger partial charge in [-0.2, -0.15) is 4.31 Å². The minimum absolute atomic E-state index is 0.0702. The van der Waals surface area contributed by atoms with E-state index in [9.17, 15) is 18.0 Å². The molecule has 7 nitrogen and oxygen atoms in total. The molecule has 0 radical (unpaired) electrons. The van der Waals surface area contributed by atoms with Crippen LogP contribution in [-0.4, -0.2) is 50.3 Å². The number of esters is 1. The van der Waals surface area contributed by atoms with Crippen molar-refractivity contribution in [1.29, 1.82) is 0 Å². The molecule has 1 heterocycles. The van der Waals surface area contributed by atoms with Crippen molar-refractivity contribution < 1.29 is 22.7 Å². The summed E-state index contributed by atoms with van der Waals surface area (Å²) in [6.45, 7) is 6.89. The van der Waals surface area contributed by atoms with Gasteiger partial charge in [0.05, 0.1) is 10.5 Å². The molecule has 1 N–H and O–H groups in total. The van der Waals surface area contributed by atoms with Crippen LogP contribution in [-0.2, 0) is 19.6 Å². The first-order valence-electron chi connectivity index (χ1n) is 9.80. The number of ether oxygens (including phenoxy) is 1. The summed E-state index contributed by atoms with van der Waals surface area (Å²) in [5, 5.41) is 2.70. The fourth-order valence-corrected chi connectivity index (χ4v) is 4.51. The predicted molar refractivity (Wildman–Crippen MR) is 106 cm³/mol. The molecule has 0 spiro atoms. The van der Waals surface area contributed by atoms with Crippen LogP contribution < -0.4 is 5.32 Å². The summed E-state index contributed by atoms with van der Waals surface area (Å²) in [5.41, 5.74) is 0.111. The number of benzene rings is 1. The van der Waals surface area contributed by atoms with Gasteiger partial charge in [-0.15, -0.1) is 0 Å². The zero-order valence-electron chi connectivity index (χ0n) is 16.8. The van der Waals surface area contributed by atoms with E-state index in [1.807, 2.05) is 13.8 Å². The Morgan fingerprint density at radius 3 is 2.36 bits per heavy atom. The van der Waals surface area contributed by atoms with Gasteiger partial charge >= 0.3 is 5.97 Å². The van der Waals surface area contributed by atoms with Crippen LogP contribution in [0.2, 0.25) is 0 Å². The first-order chi connectivity index (χ1) is 13.2. The molecule has 1 fully saturated rings. The van der Waals surface area contributed by atoms with Crippen LogP contribution in [0.4, 0.5) is 0 Å². The van der Waals surface area contributed by atoms with E-state index in [0.29, 0.717) is 19.6 Å². The van der Waals surface area contributed by atoms with Crippen LogP contribution >= 0.6 is 0 Å². The van der Waals surface area contributed by atoms with Gasteiger partial charge in [-0.3, -0.25) is 4.79 Å². The number of carbonyl (C=O) groups excluding carboxylic acids is 2. The smallest absolute Gasteiger partial charge is 0.338 e. The lowest BCUT2D eigenvalue weighted by atomic mass is 10.2. The maximum atomic E-state index is 12.9. The minimum Gasteiger partial charge on any atom is -0.449 e. The highest BCUT2D eigenvalue weighted by atomic mass is 32.2. The number of hydrogen-bond acceptors (Lipinski definition) is 5. The number of carbonyl (C=O) groups is 2. The van der Waals surface area contributed by atoms with E-state index in [4.69, 9.17) is 4.74 Å². The molecule has 0 bridgehead atoms. The number of rotatable bonds is 7. The van der Waals surface area contributed by atoms with Crippen LogP contribution in [0.5, 0.6) is 0 Å². The Kier molecular flexibility index (Phi) is 8.00. The van der Waals surface area contributed by atoms with Gasteiger partial charge in [-0.05, 0) is 43.9 Å². The Morgan fingerprint density at radius 1 is 1.11 bits per heavy atom. The first-order valence-corrected chi connectivity index (χ1v) is 11.2. The topological polar surface area (TPSA) is 92.8 Å². The van der Waals surface area contributed by atoms with Crippen molar-refractivity contribution in [3.05, 3.63) is 29.8 Å². The molecule has 28 heavy (non-hydrogen) atoms. The van der Waals surface area contributed by atoms with Gasteiger partial charge in [0, 0.05) is 19.6 Å². The van der Waals surface area contributed by atoms with Crippen LogP contribution in [0.3, 0.4) is 0 Å². The van der Waals surface area contributed by atoms with Gasteiger partial charge in [0.25, 0.3) is 5.91 Å². The monoisotopic (exact) mass is 410 g/mol. The van der Waals surface area contributed by atoms with Crippen molar-refractivity contribution in [2.75, 3.05) is 19.6 Å². The van der Waals surface area contributed by atoms with Crippen molar-refractivity contribution in [1.82, 2.24) is 9.62 Å². The highest BCUT2D eigenvalue weighted by Gasteiger charge is 2.26. The third-order valence-corrected chi connectivity index (χ3v) is 6.50. The number of hydrogen-bond donors (Lipinski definition) is 1. The Hall–Kier alpha value is -1.93. The molecule has 1 atom stereocenters. The second kappa shape index (κ2) is 10.0. The maximum Gasteiger partial charge on any atom is 0.338 e. The Morgan fingerprint density at radius 2 is 1.75 bits per heavy atom.